The number of nitrogens with zero attached hydrogens (tertiary/aromatic N) is 1. The number of anilines is 1. The first-order valence-corrected chi connectivity index (χ1v) is 5.66. The van der Waals surface area contributed by atoms with Gasteiger partial charge in [-0.05, 0) is 22.4 Å². The van der Waals surface area contributed by atoms with Crippen LogP contribution in [-0.4, -0.2) is 11.5 Å². The highest BCUT2D eigenvalue weighted by Crippen LogP contribution is 2.30. The molecule has 0 saturated heterocycles. The Morgan fingerprint density at radius 3 is 2.88 bits per heavy atom. The third kappa shape index (κ3) is 3.71. The van der Waals surface area contributed by atoms with Gasteiger partial charge in [-0.15, -0.1) is 12.3 Å². The van der Waals surface area contributed by atoms with Crippen molar-refractivity contribution in [1.82, 2.24) is 0 Å². The van der Waals surface area contributed by atoms with Crippen LogP contribution in [0.5, 0.6) is 0 Å². The maximum Gasteiger partial charge on any atom is 0.293 e. The Balaban J connectivity index is 2.86. The summed E-state index contributed by atoms with van der Waals surface area (Å²) in [4.78, 5) is 10.2. The summed E-state index contributed by atoms with van der Waals surface area (Å²) >= 11 is 2.91. The summed E-state index contributed by atoms with van der Waals surface area (Å²) in [6.07, 6.45) is 6.32. The minimum Gasteiger partial charge on any atom is -0.379 e. The van der Waals surface area contributed by atoms with E-state index in [1.54, 1.807) is 0 Å². The highest BCUT2D eigenvalue weighted by atomic mass is 79.9. The van der Waals surface area contributed by atoms with Crippen molar-refractivity contribution >= 4 is 27.3 Å². The minimum absolute atomic E-state index is 0.0679. The molecule has 90 valence electrons. The zero-order chi connectivity index (χ0) is 12.8. The van der Waals surface area contributed by atoms with Crippen molar-refractivity contribution < 1.29 is 9.31 Å². The molecule has 0 spiro atoms. The van der Waals surface area contributed by atoms with Gasteiger partial charge in [0.2, 0.25) is 0 Å². The second kappa shape index (κ2) is 6.21. The first-order chi connectivity index (χ1) is 8.06. The number of hydrogen-bond donors (Lipinski definition) is 1. The van der Waals surface area contributed by atoms with Gasteiger partial charge in [0.25, 0.3) is 5.69 Å². The van der Waals surface area contributed by atoms with Crippen molar-refractivity contribution in [1.29, 1.82) is 0 Å². The Labute approximate surface area is 106 Å². The number of nitro groups is 1. The van der Waals surface area contributed by atoms with E-state index in [1.807, 2.05) is 0 Å². The average Bonchev–Trinajstić information content (AvgIpc) is 2.28. The molecule has 1 aromatic rings. The zero-order valence-corrected chi connectivity index (χ0v) is 10.5. The molecule has 0 aliphatic carbocycles. The molecule has 0 aromatic heterocycles. The molecule has 0 fully saturated rings. The molecule has 1 rings (SSSR count). The van der Waals surface area contributed by atoms with Gasteiger partial charge in [0.05, 0.1) is 9.40 Å². The monoisotopic (exact) mass is 300 g/mol. The molecule has 0 heterocycles. The SMILES string of the molecule is C#CCCCNc1cc(F)c(Br)cc1[N+](=O)[O-]. The lowest BCUT2D eigenvalue weighted by Crippen LogP contribution is -2.04. The first kappa shape index (κ1) is 13.5. The summed E-state index contributed by atoms with van der Waals surface area (Å²) in [6, 6.07) is 2.23. The van der Waals surface area contributed by atoms with E-state index in [1.165, 1.54) is 0 Å². The minimum atomic E-state index is -0.562. The van der Waals surface area contributed by atoms with Gasteiger partial charge in [0.15, 0.2) is 0 Å². The highest BCUT2D eigenvalue weighted by Gasteiger charge is 2.16. The lowest BCUT2D eigenvalue weighted by Gasteiger charge is -2.07. The first-order valence-electron chi connectivity index (χ1n) is 4.87. The molecule has 0 amide bonds. The average molecular weight is 301 g/mol. The number of unbranched alkanes of at least 4 members (excludes halogenated alkanes) is 1. The van der Waals surface area contributed by atoms with Crippen LogP contribution in [0.3, 0.4) is 0 Å². The molecule has 0 radical (unpaired) electrons. The maximum absolute atomic E-state index is 13.3. The van der Waals surface area contributed by atoms with E-state index in [0.29, 0.717) is 19.4 Å². The molecule has 4 nitrogen and oxygen atoms in total. The number of nitro benzene ring substituents is 1. The Kier molecular flexibility index (Phi) is 4.91. The van der Waals surface area contributed by atoms with E-state index in [4.69, 9.17) is 6.42 Å². The van der Waals surface area contributed by atoms with Crippen molar-refractivity contribution in [3.8, 4) is 12.3 Å². The zero-order valence-electron chi connectivity index (χ0n) is 8.87. The fourth-order valence-corrected chi connectivity index (χ4v) is 1.57. The topological polar surface area (TPSA) is 55.2 Å². The summed E-state index contributed by atoms with van der Waals surface area (Å²) in [5.41, 5.74) is -0.00768. The van der Waals surface area contributed by atoms with Crippen LogP contribution in [0.2, 0.25) is 0 Å². The fraction of sp³-hybridized carbons (Fsp3) is 0.273. The quantitative estimate of drug-likeness (QED) is 0.393. The molecule has 0 unspecified atom stereocenters. The Morgan fingerprint density at radius 2 is 2.29 bits per heavy atom. The molecular formula is C11H10BrFN2O2. The van der Waals surface area contributed by atoms with Crippen LogP contribution in [0.15, 0.2) is 16.6 Å². The van der Waals surface area contributed by atoms with Crippen molar-refractivity contribution in [3.05, 3.63) is 32.5 Å². The summed E-state index contributed by atoms with van der Waals surface area (Å²) in [6.45, 7) is 0.464. The predicted molar refractivity (Wildman–Crippen MR) is 67.3 cm³/mol. The molecule has 0 bridgehead atoms. The van der Waals surface area contributed by atoms with Gasteiger partial charge in [-0.1, -0.05) is 0 Å². The van der Waals surface area contributed by atoms with Crippen molar-refractivity contribution in [2.45, 2.75) is 12.8 Å². The van der Waals surface area contributed by atoms with Crippen LogP contribution in [0.25, 0.3) is 0 Å². The summed E-state index contributed by atoms with van der Waals surface area (Å²) < 4.78 is 13.3. The molecule has 17 heavy (non-hydrogen) atoms. The van der Waals surface area contributed by atoms with Crippen LogP contribution in [0.4, 0.5) is 15.8 Å². The highest BCUT2D eigenvalue weighted by molar-refractivity contribution is 9.10. The van der Waals surface area contributed by atoms with E-state index < -0.39 is 10.7 Å². The Bertz CT molecular complexity index is 471. The molecule has 6 heteroatoms. The third-order valence-corrected chi connectivity index (χ3v) is 2.66. The Morgan fingerprint density at radius 1 is 1.59 bits per heavy atom. The number of benzene rings is 1. The lowest BCUT2D eigenvalue weighted by molar-refractivity contribution is -0.384. The van der Waals surface area contributed by atoms with Crippen LogP contribution >= 0.6 is 15.9 Å². The number of hydrogen-bond acceptors (Lipinski definition) is 3. The number of terminal acetylenes is 1. The molecule has 0 aliphatic heterocycles. The van der Waals surface area contributed by atoms with Gasteiger partial charge in [-0.3, -0.25) is 10.1 Å². The summed E-state index contributed by atoms with van der Waals surface area (Å²) in [5.74, 6) is 1.91. The van der Waals surface area contributed by atoms with Crippen LogP contribution in [-0.2, 0) is 0 Å². The second-order valence-corrected chi connectivity index (χ2v) is 4.13. The smallest absolute Gasteiger partial charge is 0.293 e. The van der Waals surface area contributed by atoms with E-state index >= 15 is 0 Å². The number of rotatable bonds is 5. The van der Waals surface area contributed by atoms with Gasteiger partial charge in [0.1, 0.15) is 11.5 Å². The third-order valence-electron chi connectivity index (χ3n) is 2.05. The van der Waals surface area contributed by atoms with Crippen molar-refractivity contribution in [2.75, 3.05) is 11.9 Å². The maximum atomic E-state index is 13.3. The molecule has 0 saturated carbocycles. The van der Waals surface area contributed by atoms with Crippen LogP contribution in [0.1, 0.15) is 12.8 Å². The number of halogens is 2. The van der Waals surface area contributed by atoms with E-state index in [9.17, 15) is 14.5 Å². The molecule has 0 aliphatic rings. The van der Waals surface area contributed by atoms with Gasteiger partial charge >= 0.3 is 0 Å². The molecule has 1 aromatic carbocycles. The van der Waals surface area contributed by atoms with Gasteiger partial charge in [-0.2, -0.15) is 0 Å². The molecule has 1 N–H and O–H groups in total. The van der Waals surface area contributed by atoms with Gasteiger partial charge < -0.3 is 5.32 Å². The van der Waals surface area contributed by atoms with E-state index in [0.717, 1.165) is 12.1 Å². The van der Waals surface area contributed by atoms with Gasteiger partial charge in [0, 0.05) is 25.1 Å². The van der Waals surface area contributed by atoms with Crippen molar-refractivity contribution in [2.24, 2.45) is 0 Å². The van der Waals surface area contributed by atoms with Crippen LogP contribution < -0.4 is 5.32 Å². The van der Waals surface area contributed by atoms with E-state index in [-0.39, 0.29) is 15.8 Å². The lowest BCUT2D eigenvalue weighted by atomic mass is 10.2. The number of nitrogens with one attached hydrogen (secondary N) is 1. The fourth-order valence-electron chi connectivity index (χ4n) is 1.24. The molecular weight excluding hydrogens is 291 g/mol. The Hall–Kier alpha value is -1.61. The summed E-state index contributed by atoms with van der Waals surface area (Å²) in [5, 5.41) is 13.6. The van der Waals surface area contributed by atoms with Gasteiger partial charge in [-0.25, -0.2) is 4.39 Å². The molecule has 0 atom stereocenters. The van der Waals surface area contributed by atoms with E-state index in [2.05, 4.69) is 27.2 Å². The largest absolute Gasteiger partial charge is 0.379 e. The second-order valence-electron chi connectivity index (χ2n) is 3.28. The van der Waals surface area contributed by atoms with Crippen LogP contribution in [0, 0.1) is 28.3 Å². The normalized spacial score (nSPS) is 9.71. The predicted octanol–water partition coefficient (Wildman–Crippen LogP) is 3.32. The van der Waals surface area contributed by atoms with Crippen molar-refractivity contribution in [3.63, 3.8) is 0 Å². The standard InChI is InChI=1S/C11H10BrFN2O2/c1-2-3-4-5-14-10-7-9(13)8(12)6-11(10)15(16)17/h1,6-7,14H,3-5H2. The summed E-state index contributed by atoms with van der Waals surface area (Å²) in [7, 11) is 0.